The number of aromatic nitrogens is 2. The summed E-state index contributed by atoms with van der Waals surface area (Å²) in [5.41, 5.74) is 0.156. The van der Waals surface area contributed by atoms with Crippen molar-refractivity contribution in [1.82, 2.24) is 10.1 Å². The molecule has 0 spiro atoms. The fourth-order valence-electron chi connectivity index (χ4n) is 1.17. The molecule has 6 nitrogen and oxygen atoms in total. The van der Waals surface area contributed by atoms with Crippen LogP contribution in [0, 0.1) is 0 Å². The van der Waals surface area contributed by atoms with Gasteiger partial charge in [-0.2, -0.15) is 4.98 Å². The van der Waals surface area contributed by atoms with Gasteiger partial charge < -0.3 is 14.4 Å². The van der Waals surface area contributed by atoms with E-state index in [0.29, 0.717) is 9.99 Å². The molecule has 0 atom stereocenters. The number of pyridine rings is 1. The van der Waals surface area contributed by atoms with E-state index < -0.39 is 5.97 Å². The Bertz CT molecular complexity index is 537. The monoisotopic (exact) mass is 272 g/mol. The lowest BCUT2D eigenvalue weighted by atomic mass is 10.2. The summed E-state index contributed by atoms with van der Waals surface area (Å²) in [5.74, 6) is -0.923. The van der Waals surface area contributed by atoms with Crippen LogP contribution in [-0.2, 0) is 0 Å². The molecule has 1 N–H and O–H groups in total. The van der Waals surface area contributed by atoms with Gasteiger partial charge in [0.05, 0.1) is 18.1 Å². The van der Waals surface area contributed by atoms with Crippen LogP contribution in [0.2, 0.25) is 0 Å². The Labute approximate surface area is 92.0 Å². The van der Waals surface area contributed by atoms with E-state index in [1.54, 1.807) is 0 Å². The van der Waals surface area contributed by atoms with E-state index in [9.17, 15) is 4.79 Å². The third kappa shape index (κ3) is 1.54. The largest absolute Gasteiger partial charge is 0.481 e. The first-order chi connectivity index (χ1) is 7.13. The zero-order valence-corrected chi connectivity index (χ0v) is 9.11. The van der Waals surface area contributed by atoms with Crippen LogP contribution in [0.5, 0.6) is 5.88 Å². The molecule has 2 rings (SSSR count). The maximum atomic E-state index is 11.0. The highest BCUT2D eigenvalue weighted by Crippen LogP contribution is 2.28. The number of rotatable bonds is 2. The smallest absolute Gasteiger partial charge is 0.336 e. The highest BCUT2D eigenvalue weighted by molar-refractivity contribution is 9.10. The first-order valence-corrected chi connectivity index (χ1v) is 4.66. The molecule has 0 aliphatic heterocycles. The van der Waals surface area contributed by atoms with Gasteiger partial charge in [0.25, 0.3) is 5.71 Å². The minimum atomic E-state index is -1.09. The Morgan fingerprint density at radius 3 is 3.00 bits per heavy atom. The lowest BCUT2D eigenvalue weighted by Crippen LogP contribution is -1.99. The summed E-state index contributed by atoms with van der Waals surface area (Å²) in [5, 5.41) is 12.9. The Kier molecular flexibility index (Phi) is 2.31. The average molecular weight is 273 g/mol. The van der Waals surface area contributed by atoms with Crippen molar-refractivity contribution in [2.75, 3.05) is 7.11 Å². The van der Waals surface area contributed by atoms with Gasteiger partial charge in [-0.15, -0.1) is 0 Å². The van der Waals surface area contributed by atoms with Crippen molar-refractivity contribution in [1.29, 1.82) is 0 Å². The number of carboxylic acid groups (broad SMARTS) is 1. The molecule has 0 saturated carbocycles. The van der Waals surface area contributed by atoms with E-state index in [2.05, 4.69) is 26.1 Å². The zero-order valence-electron chi connectivity index (χ0n) is 7.52. The highest BCUT2D eigenvalue weighted by Gasteiger charge is 2.18. The summed E-state index contributed by atoms with van der Waals surface area (Å²) < 4.78 is 9.99. The number of methoxy groups -OCH3 is 1. The van der Waals surface area contributed by atoms with E-state index >= 15 is 0 Å². The summed E-state index contributed by atoms with van der Waals surface area (Å²) in [6, 6.07) is 1.31. The van der Waals surface area contributed by atoms with Crippen molar-refractivity contribution < 1.29 is 19.2 Å². The normalized spacial score (nSPS) is 10.5. The molecule has 7 heteroatoms. The van der Waals surface area contributed by atoms with Crippen LogP contribution in [0.1, 0.15) is 10.4 Å². The number of carbonyl (C=O) groups is 1. The number of fused-ring (bicyclic) bond motifs is 1. The minimum absolute atomic E-state index is 0.0324. The summed E-state index contributed by atoms with van der Waals surface area (Å²) in [7, 11) is 1.39. The molecule has 0 radical (unpaired) electrons. The van der Waals surface area contributed by atoms with Crippen LogP contribution in [0.3, 0.4) is 0 Å². The number of carboxylic acids is 1. The van der Waals surface area contributed by atoms with Gasteiger partial charge in [-0.25, -0.2) is 4.79 Å². The van der Waals surface area contributed by atoms with E-state index in [1.807, 2.05) is 0 Å². The number of halogens is 1. The molecule has 0 saturated heterocycles. The minimum Gasteiger partial charge on any atom is -0.481 e. The van der Waals surface area contributed by atoms with Crippen LogP contribution < -0.4 is 4.74 Å². The van der Waals surface area contributed by atoms with Gasteiger partial charge in [0.1, 0.15) is 0 Å². The van der Waals surface area contributed by atoms with Crippen molar-refractivity contribution in [2.24, 2.45) is 0 Å². The maximum absolute atomic E-state index is 11.0. The van der Waals surface area contributed by atoms with Gasteiger partial charge in [0, 0.05) is 6.07 Å². The second-order valence-corrected chi connectivity index (χ2v) is 3.42. The van der Waals surface area contributed by atoms with Crippen molar-refractivity contribution in [3.05, 3.63) is 16.2 Å². The third-order valence-corrected chi connectivity index (χ3v) is 2.36. The zero-order chi connectivity index (χ0) is 11.0. The quantitative estimate of drug-likeness (QED) is 0.896. The topological polar surface area (TPSA) is 85.5 Å². The van der Waals surface area contributed by atoms with E-state index in [4.69, 9.17) is 14.4 Å². The number of hydrogen-bond acceptors (Lipinski definition) is 5. The van der Waals surface area contributed by atoms with Gasteiger partial charge in [-0.05, 0) is 15.9 Å². The number of aromatic carboxylic acids is 1. The van der Waals surface area contributed by atoms with Crippen LogP contribution in [0.15, 0.2) is 15.2 Å². The molecule has 0 aliphatic rings. The predicted octanol–water partition coefficient (Wildman–Crippen LogP) is 1.69. The lowest BCUT2D eigenvalue weighted by Gasteiger charge is -2.00. The SMILES string of the molecule is COc1cc(C(=O)O)c2c(Br)noc2n1. The fraction of sp³-hybridized carbons (Fsp3) is 0.125. The second kappa shape index (κ2) is 3.50. The van der Waals surface area contributed by atoms with E-state index in [0.717, 1.165) is 0 Å². The molecule has 0 aromatic carbocycles. The third-order valence-electron chi connectivity index (χ3n) is 1.82. The van der Waals surface area contributed by atoms with Crippen molar-refractivity contribution in [3.63, 3.8) is 0 Å². The first-order valence-electron chi connectivity index (χ1n) is 3.86. The highest BCUT2D eigenvalue weighted by atomic mass is 79.9. The lowest BCUT2D eigenvalue weighted by molar-refractivity contribution is 0.0698. The molecule has 78 valence electrons. The molecule has 0 unspecified atom stereocenters. The molecule has 0 fully saturated rings. The Balaban J connectivity index is 2.83. The standard InChI is InChI=1S/C8H5BrN2O4/c1-14-4-2-3(8(12)13)5-6(9)11-15-7(5)10-4/h2H,1H3,(H,12,13). The molecule has 0 amide bonds. The number of ether oxygens (including phenoxy) is 1. The van der Waals surface area contributed by atoms with Crippen molar-refractivity contribution in [2.45, 2.75) is 0 Å². The molecule has 2 heterocycles. The molecule has 0 bridgehead atoms. The predicted molar refractivity (Wildman–Crippen MR) is 53.0 cm³/mol. The molecule has 15 heavy (non-hydrogen) atoms. The van der Waals surface area contributed by atoms with Crippen LogP contribution in [0.4, 0.5) is 0 Å². The van der Waals surface area contributed by atoms with Crippen molar-refractivity contribution >= 4 is 33.0 Å². The van der Waals surface area contributed by atoms with Crippen LogP contribution in [0.25, 0.3) is 11.1 Å². The van der Waals surface area contributed by atoms with Gasteiger partial charge in [-0.1, -0.05) is 5.16 Å². The maximum Gasteiger partial charge on any atom is 0.336 e. The van der Waals surface area contributed by atoms with Gasteiger partial charge in [0.15, 0.2) is 4.60 Å². The Morgan fingerprint density at radius 2 is 2.40 bits per heavy atom. The van der Waals surface area contributed by atoms with Gasteiger partial charge in [-0.3, -0.25) is 0 Å². The summed E-state index contributed by atoms with van der Waals surface area (Å²) in [6.07, 6.45) is 0. The van der Waals surface area contributed by atoms with E-state index in [1.165, 1.54) is 13.2 Å². The molecule has 0 aliphatic carbocycles. The molecule has 2 aromatic heterocycles. The molecule has 2 aromatic rings. The summed E-state index contributed by atoms with van der Waals surface area (Å²) in [6.45, 7) is 0. The van der Waals surface area contributed by atoms with Gasteiger partial charge >= 0.3 is 5.97 Å². The van der Waals surface area contributed by atoms with Crippen LogP contribution >= 0.6 is 15.9 Å². The number of hydrogen-bond donors (Lipinski definition) is 1. The Morgan fingerprint density at radius 1 is 1.67 bits per heavy atom. The first kappa shape index (κ1) is 9.91. The number of nitrogens with zero attached hydrogens (tertiary/aromatic N) is 2. The summed E-state index contributed by atoms with van der Waals surface area (Å²) >= 11 is 3.08. The van der Waals surface area contributed by atoms with Crippen molar-refractivity contribution in [3.8, 4) is 5.88 Å². The summed E-state index contributed by atoms with van der Waals surface area (Å²) in [4.78, 5) is 14.9. The van der Waals surface area contributed by atoms with Gasteiger partial charge in [0.2, 0.25) is 5.88 Å². The Hall–Kier alpha value is -1.63. The van der Waals surface area contributed by atoms with E-state index in [-0.39, 0.29) is 17.2 Å². The van der Waals surface area contributed by atoms with Crippen LogP contribution in [-0.4, -0.2) is 28.3 Å². The average Bonchev–Trinajstić information content (AvgIpc) is 2.59. The molecular weight excluding hydrogens is 268 g/mol. The fourth-order valence-corrected chi connectivity index (χ4v) is 1.62. The second-order valence-electron chi connectivity index (χ2n) is 2.67. The molecular formula is C8H5BrN2O4.